The smallest absolute Gasteiger partial charge is 0.223 e. The van der Waals surface area contributed by atoms with E-state index in [1.807, 2.05) is 12.3 Å². The first-order valence-electron chi connectivity index (χ1n) is 5.23. The molecule has 2 aromatic heterocycles. The zero-order chi connectivity index (χ0) is 11.2. The third-order valence-corrected chi connectivity index (χ3v) is 2.17. The predicted molar refractivity (Wildman–Crippen MR) is 58.7 cm³/mol. The molecule has 0 spiro atoms. The highest BCUT2D eigenvalue weighted by Gasteiger charge is 2.00. The third-order valence-electron chi connectivity index (χ3n) is 2.17. The van der Waals surface area contributed by atoms with Crippen LogP contribution in [0, 0.1) is 6.92 Å². The van der Waals surface area contributed by atoms with Crippen molar-refractivity contribution in [1.82, 2.24) is 20.4 Å². The topological polar surface area (TPSA) is 63.8 Å². The van der Waals surface area contributed by atoms with E-state index in [0.717, 1.165) is 13.0 Å². The quantitative estimate of drug-likeness (QED) is 0.761. The van der Waals surface area contributed by atoms with Crippen LogP contribution in [0.1, 0.15) is 17.3 Å². The molecule has 0 aliphatic carbocycles. The SMILES string of the molecule is Cc1nc(CNCCc2cccnc2)no1. The van der Waals surface area contributed by atoms with Gasteiger partial charge < -0.3 is 9.84 Å². The molecule has 0 saturated heterocycles. The van der Waals surface area contributed by atoms with Gasteiger partial charge >= 0.3 is 0 Å². The van der Waals surface area contributed by atoms with Crippen LogP contribution in [0.5, 0.6) is 0 Å². The van der Waals surface area contributed by atoms with Gasteiger partial charge in [0.2, 0.25) is 5.89 Å². The van der Waals surface area contributed by atoms with Gasteiger partial charge in [0.25, 0.3) is 0 Å². The Morgan fingerprint density at radius 1 is 1.44 bits per heavy atom. The summed E-state index contributed by atoms with van der Waals surface area (Å²) in [6.07, 6.45) is 4.60. The molecule has 0 fully saturated rings. The summed E-state index contributed by atoms with van der Waals surface area (Å²) in [7, 11) is 0. The molecule has 2 heterocycles. The van der Waals surface area contributed by atoms with Gasteiger partial charge in [-0.2, -0.15) is 4.98 Å². The number of hydrogen-bond acceptors (Lipinski definition) is 5. The summed E-state index contributed by atoms with van der Waals surface area (Å²) in [5.41, 5.74) is 1.22. The van der Waals surface area contributed by atoms with Crippen LogP contribution in [-0.4, -0.2) is 21.7 Å². The van der Waals surface area contributed by atoms with Gasteiger partial charge in [-0.15, -0.1) is 0 Å². The van der Waals surface area contributed by atoms with Crippen molar-refractivity contribution in [3.05, 3.63) is 41.8 Å². The van der Waals surface area contributed by atoms with Crippen molar-refractivity contribution >= 4 is 0 Å². The molecule has 0 amide bonds. The molecule has 0 radical (unpaired) electrons. The summed E-state index contributed by atoms with van der Waals surface area (Å²) >= 11 is 0. The molecule has 0 atom stereocenters. The molecule has 2 rings (SSSR count). The Kier molecular flexibility index (Phi) is 3.61. The fraction of sp³-hybridized carbons (Fsp3) is 0.364. The fourth-order valence-electron chi connectivity index (χ4n) is 1.39. The minimum absolute atomic E-state index is 0.601. The lowest BCUT2D eigenvalue weighted by Crippen LogP contribution is -2.17. The average Bonchev–Trinajstić information content (AvgIpc) is 2.72. The number of aryl methyl sites for hydroxylation is 1. The molecule has 5 heteroatoms. The van der Waals surface area contributed by atoms with Crippen molar-refractivity contribution in [2.24, 2.45) is 0 Å². The number of hydrogen-bond donors (Lipinski definition) is 1. The van der Waals surface area contributed by atoms with Gasteiger partial charge in [0.15, 0.2) is 5.82 Å². The van der Waals surface area contributed by atoms with Crippen molar-refractivity contribution < 1.29 is 4.52 Å². The Morgan fingerprint density at radius 3 is 3.06 bits per heavy atom. The lowest BCUT2D eigenvalue weighted by Gasteiger charge is -2.01. The third kappa shape index (κ3) is 3.13. The van der Waals surface area contributed by atoms with E-state index in [9.17, 15) is 0 Å². The molecule has 0 aliphatic heterocycles. The molecule has 1 N–H and O–H groups in total. The number of pyridine rings is 1. The van der Waals surface area contributed by atoms with Gasteiger partial charge in [-0.05, 0) is 24.6 Å². The van der Waals surface area contributed by atoms with Crippen LogP contribution >= 0.6 is 0 Å². The Bertz CT molecular complexity index is 427. The highest BCUT2D eigenvalue weighted by Crippen LogP contribution is 1.97. The van der Waals surface area contributed by atoms with E-state index in [0.29, 0.717) is 18.3 Å². The first-order chi connectivity index (χ1) is 7.84. The Labute approximate surface area is 93.9 Å². The lowest BCUT2D eigenvalue weighted by molar-refractivity contribution is 0.385. The van der Waals surface area contributed by atoms with E-state index in [-0.39, 0.29) is 0 Å². The van der Waals surface area contributed by atoms with Gasteiger partial charge in [-0.25, -0.2) is 0 Å². The highest BCUT2D eigenvalue weighted by molar-refractivity contribution is 5.08. The maximum Gasteiger partial charge on any atom is 0.223 e. The number of nitrogens with zero attached hydrogens (tertiary/aromatic N) is 3. The minimum Gasteiger partial charge on any atom is -0.340 e. The molecule has 0 aliphatic rings. The summed E-state index contributed by atoms with van der Waals surface area (Å²) in [6, 6.07) is 4.01. The van der Waals surface area contributed by atoms with Crippen LogP contribution in [-0.2, 0) is 13.0 Å². The van der Waals surface area contributed by atoms with E-state index in [1.165, 1.54) is 5.56 Å². The van der Waals surface area contributed by atoms with Crippen LogP contribution in [0.3, 0.4) is 0 Å². The van der Waals surface area contributed by atoms with Gasteiger partial charge in [0.1, 0.15) is 0 Å². The number of rotatable bonds is 5. The molecule has 5 nitrogen and oxygen atoms in total. The largest absolute Gasteiger partial charge is 0.340 e. The Morgan fingerprint density at radius 2 is 2.38 bits per heavy atom. The van der Waals surface area contributed by atoms with Gasteiger partial charge in [-0.1, -0.05) is 11.2 Å². The second kappa shape index (κ2) is 5.37. The van der Waals surface area contributed by atoms with Crippen molar-refractivity contribution in [3.63, 3.8) is 0 Å². The maximum atomic E-state index is 4.87. The zero-order valence-electron chi connectivity index (χ0n) is 9.18. The van der Waals surface area contributed by atoms with Gasteiger partial charge in [0, 0.05) is 19.3 Å². The monoisotopic (exact) mass is 218 g/mol. The van der Waals surface area contributed by atoms with Crippen molar-refractivity contribution in [1.29, 1.82) is 0 Å². The van der Waals surface area contributed by atoms with Crippen LogP contribution in [0.2, 0.25) is 0 Å². The summed E-state index contributed by atoms with van der Waals surface area (Å²) in [6.45, 7) is 3.29. The van der Waals surface area contributed by atoms with Gasteiger partial charge in [-0.3, -0.25) is 4.98 Å². The van der Waals surface area contributed by atoms with Crippen molar-refractivity contribution in [2.45, 2.75) is 19.9 Å². The summed E-state index contributed by atoms with van der Waals surface area (Å²) < 4.78 is 4.87. The van der Waals surface area contributed by atoms with E-state index >= 15 is 0 Å². The lowest BCUT2D eigenvalue weighted by atomic mass is 10.2. The second-order valence-corrected chi connectivity index (χ2v) is 3.52. The van der Waals surface area contributed by atoms with E-state index in [1.54, 1.807) is 13.1 Å². The molecular weight excluding hydrogens is 204 g/mol. The first-order valence-corrected chi connectivity index (χ1v) is 5.23. The minimum atomic E-state index is 0.601. The normalized spacial score (nSPS) is 10.6. The standard InChI is InChI=1S/C11H14N4O/c1-9-14-11(15-16-9)8-13-6-4-10-3-2-5-12-7-10/h2-3,5,7,13H,4,6,8H2,1H3. The zero-order valence-corrected chi connectivity index (χ0v) is 9.18. The predicted octanol–water partition coefficient (Wildman–Crippen LogP) is 1.11. The van der Waals surface area contributed by atoms with Gasteiger partial charge in [0.05, 0.1) is 6.54 Å². The maximum absolute atomic E-state index is 4.87. The highest BCUT2D eigenvalue weighted by atomic mass is 16.5. The number of nitrogens with one attached hydrogen (secondary N) is 1. The molecule has 0 aromatic carbocycles. The molecule has 2 aromatic rings. The molecule has 16 heavy (non-hydrogen) atoms. The number of aromatic nitrogens is 3. The van der Waals surface area contributed by atoms with Crippen molar-refractivity contribution in [3.8, 4) is 0 Å². The Hall–Kier alpha value is -1.75. The van der Waals surface area contributed by atoms with E-state index in [4.69, 9.17) is 4.52 Å². The van der Waals surface area contributed by atoms with Crippen LogP contribution < -0.4 is 5.32 Å². The van der Waals surface area contributed by atoms with E-state index in [2.05, 4.69) is 26.5 Å². The Balaban J connectivity index is 1.69. The van der Waals surface area contributed by atoms with E-state index < -0.39 is 0 Å². The molecular formula is C11H14N4O. The summed E-state index contributed by atoms with van der Waals surface area (Å²) in [5, 5.41) is 7.05. The summed E-state index contributed by atoms with van der Waals surface area (Å²) in [5.74, 6) is 1.30. The molecule has 0 unspecified atom stereocenters. The van der Waals surface area contributed by atoms with Crippen LogP contribution in [0.25, 0.3) is 0 Å². The molecule has 0 saturated carbocycles. The second-order valence-electron chi connectivity index (χ2n) is 3.52. The van der Waals surface area contributed by atoms with Crippen LogP contribution in [0.15, 0.2) is 29.0 Å². The van der Waals surface area contributed by atoms with Crippen LogP contribution in [0.4, 0.5) is 0 Å². The first kappa shape index (κ1) is 10.8. The van der Waals surface area contributed by atoms with Crippen molar-refractivity contribution in [2.75, 3.05) is 6.54 Å². The molecule has 84 valence electrons. The molecule has 0 bridgehead atoms. The average molecular weight is 218 g/mol. The fourth-order valence-corrected chi connectivity index (χ4v) is 1.39. The summed E-state index contributed by atoms with van der Waals surface area (Å²) in [4.78, 5) is 8.16.